The molecule has 0 radical (unpaired) electrons. The Bertz CT molecular complexity index is 1210. The van der Waals surface area contributed by atoms with Gasteiger partial charge in [0, 0.05) is 11.8 Å². The van der Waals surface area contributed by atoms with Crippen LogP contribution in [0.5, 0.6) is 0 Å². The van der Waals surface area contributed by atoms with E-state index in [0.29, 0.717) is 0 Å². The summed E-state index contributed by atoms with van der Waals surface area (Å²) >= 11 is 0. The first kappa shape index (κ1) is 37.6. The summed E-state index contributed by atoms with van der Waals surface area (Å²) in [4.78, 5) is 0. The first-order chi connectivity index (χ1) is 21.2. The van der Waals surface area contributed by atoms with Crippen molar-refractivity contribution >= 4 is 39.8 Å². The van der Waals surface area contributed by atoms with Crippen molar-refractivity contribution in [1.29, 1.82) is 0 Å². The third-order valence-corrected chi connectivity index (χ3v) is 24.4. The highest BCUT2D eigenvalue weighted by atomic mass is 31.2. The molecule has 0 N–H and O–H groups in total. The van der Waals surface area contributed by atoms with Gasteiger partial charge in [-0.1, -0.05) is 122 Å². The Morgan fingerprint density at radius 2 is 1.07 bits per heavy atom. The molecule has 0 aliphatic rings. The SMILES string of the molecule is C/C=C/[C@H](O[Si](C)(C)C(C)(C)C)C(C)(C)[C@H](CC[P+](c1ccccc1)(c1ccccc1)c1ccccc1)O[Si](CC)(CC)CC. The van der Waals surface area contributed by atoms with Crippen LogP contribution in [0, 0.1) is 5.41 Å². The zero-order chi connectivity index (χ0) is 33.4. The second kappa shape index (κ2) is 15.9. The molecule has 0 spiro atoms. The Balaban J connectivity index is 2.22. The van der Waals surface area contributed by atoms with E-state index in [2.05, 4.69) is 179 Å². The number of benzene rings is 3. The van der Waals surface area contributed by atoms with Crippen LogP contribution in [0.25, 0.3) is 0 Å². The van der Waals surface area contributed by atoms with E-state index in [4.69, 9.17) is 8.85 Å². The summed E-state index contributed by atoms with van der Waals surface area (Å²) in [6, 6.07) is 37.3. The van der Waals surface area contributed by atoms with Crippen LogP contribution in [-0.2, 0) is 8.85 Å². The quantitative estimate of drug-likeness (QED) is 0.0864. The van der Waals surface area contributed by atoms with Crippen molar-refractivity contribution in [1.82, 2.24) is 0 Å². The zero-order valence-corrected chi connectivity index (χ0v) is 33.2. The van der Waals surface area contributed by atoms with Gasteiger partial charge < -0.3 is 8.85 Å². The lowest BCUT2D eigenvalue weighted by molar-refractivity contribution is -0.0127. The molecule has 0 fully saturated rings. The molecule has 45 heavy (non-hydrogen) atoms. The van der Waals surface area contributed by atoms with Crippen LogP contribution in [-0.4, -0.2) is 35.0 Å². The monoisotopic (exact) mass is 661 g/mol. The molecule has 0 aliphatic carbocycles. The fraction of sp³-hybridized carbons (Fsp3) is 0.500. The van der Waals surface area contributed by atoms with Gasteiger partial charge in [-0.25, -0.2) is 0 Å². The highest BCUT2D eigenvalue weighted by Gasteiger charge is 2.50. The summed E-state index contributed by atoms with van der Waals surface area (Å²) in [5.41, 5.74) is -0.223. The molecule has 0 saturated carbocycles. The van der Waals surface area contributed by atoms with Crippen LogP contribution in [0.1, 0.15) is 68.7 Å². The lowest BCUT2D eigenvalue weighted by Gasteiger charge is -2.48. The van der Waals surface area contributed by atoms with Crippen LogP contribution >= 0.6 is 7.26 Å². The third kappa shape index (κ3) is 8.56. The predicted molar refractivity (Wildman–Crippen MR) is 207 cm³/mol. The van der Waals surface area contributed by atoms with Gasteiger partial charge >= 0.3 is 0 Å². The molecule has 0 amide bonds. The second-order valence-electron chi connectivity index (χ2n) is 14.8. The second-order valence-corrected chi connectivity index (χ2v) is 27.9. The van der Waals surface area contributed by atoms with Gasteiger partial charge in [-0.3, -0.25) is 0 Å². The molecule has 0 bridgehead atoms. The fourth-order valence-corrected chi connectivity index (χ4v) is 15.1. The summed E-state index contributed by atoms with van der Waals surface area (Å²) < 4.78 is 14.9. The van der Waals surface area contributed by atoms with Gasteiger partial charge in [0.2, 0.25) is 0 Å². The standard InChI is InChI=1S/C40H62O2PSi2/c1-12-25-37(41-44(10,11)39(5,6)7)40(8,9)38(42-45(13-2,14-3)15-4)32-33-43(34-26-19-16-20-27-34,35-28-21-17-22-29-35)36-30-23-18-24-31-36/h12,16-31,37-38H,13-15,32-33H2,1-11H3/q+1/b25-12+/t37-,38-/m0/s1. The molecule has 2 nitrogen and oxygen atoms in total. The van der Waals surface area contributed by atoms with Crippen molar-refractivity contribution in [2.45, 2.75) is 117 Å². The van der Waals surface area contributed by atoms with Crippen molar-refractivity contribution in [3.8, 4) is 0 Å². The minimum atomic E-state index is -2.05. The van der Waals surface area contributed by atoms with Crippen molar-refractivity contribution in [2.75, 3.05) is 6.16 Å². The zero-order valence-electron chi connectivity index (χ0n) is 30.3. The lowest BCUT2D eigenvalue weighted by atomic mass is 9.79. The summed E-state index contributed by atoms with van der Waals surface area (Å²) in [6.07, 6.45) is 6.56. The molecule has 246 valence electrons. The molecule has 5 heteroatoms. The Hall–Kier alpha value is -1.82. The third-order valence-electron chi connectivity index (χ3n) is 10.8. The van der Waals surface area contributed by atoms with E-state index in [1.807, 2.05) is 0 Å². The Labute approximate surface area is 279 Å². The molecule has 0 heterocycles. The first-order valence-electron chi connectivity index (χ1n) is 17.3. The first-order valence-corrected chi connectivity index (χ1v) is 24.7. The van der Waals surface area contributed by atoms with Crippen LogP contribution in [0.15, 0.2) is 103 Å². The van der Waals surface area contributed by atoms with Crippen LogP contribution in [0.4, 0.5) is 0 Å². The van der Waals surface area contributed by atoms with E-state index < -0.39 is 23.9 Å². The topological polar surface area (TPSA) is 18.5 Å². The van der Waals surface area contributed by atoms with Gasteiger partial charge in [-0.2, -0.15) is 0 Å². The summed E-state index contributed by atoms with van der Waals surface area (Å²) in [5.74, 6) is 0. The Morgan fingerprint density at radius 3 is 1.40 bits per heavy atom. The van der Waals surface area contributed by atoms with E-state index >= 15 is 0 Å². The molecule has 3 aromatic carbocycles. The molecule has 3 rings (SSSR count). The van der Waals surface area contributed by atoms with Gasteiger partial charge in [-0.05, 0) is 79.6 Å². The van der Waals surface area contributed by atoms with Crippen LogP contribution in [0.3, 0.4) is 0 Å². The van der Waals surface area contributed by atoms with E-state index in [1.54, 1.807) is 0 Å². The summed E-state index contributed by atoms with van der Waals surface area (Å²) in [7, 11) is -5.99. The molecule has 0 aromatic heterocycles. The molecule has 0 unspecified atom stereocenters. The number of rotatable bonds is 16. The lowest BCUT2D eigenvalue weighted by Crippen LogP contribution is -2.54. The summed E-state index contributed by atoms with van der Waals surface area (Å²) in [6.45, 7) is 25.8. The van der Waals surface area contributed by atoms with Crippen LogP contribution in [0.2, 0.25) is 36.3 Å². The van der Waals surface area contributed by atoms with Crippen LogP contribution < -0.4 is 15.9 Å². The van der Waals surface area contributed by atoms with Gasteiger partial charge in [0.05, 0.1) is 18.4 Å². The van der Waals surface area contributed by atoms with E-state index in [9.17, 15) is 0 Å². The number of hydrogen-bond acceptors (Lipinski definition) is 2. The summed E-state index contributed by atoms with van der Waals surface area (Å²) in [5, 5.41) is 4.44. The minimum absolute atomic E-state index is 0.0245. The Morgan fingerprint density at radius 1 is 0.667 bits per heavy atom. The van der Waals surface area contributed by atoms with Crippen molar-refractivity contribution in [3.05, 3.63) is 103 Å². The molecular formula is C40H62O2PSi2+. The molecule has 2 atom stereocenters. The average Bonchev–Trinajstić information content (AvgIpc) is 3.03. The normalized spacial score (nSPS) is 14.9. The Kier molecular flexibility index (Phi) is 13.3. The maximum absolute atomic E-state index is 7.64. The van der Waals surface area contributed by atoms with Gasteiger partial charge in [0.1, 0.15) is 23.2 Å². The fourth-order valence-electron chi connectivity index (χ4n) is 6.37. The van der Waals surface area contributed by atoms with Crippen molar-refractivity contribution in [3.63, 3.8) is 0 Å². The largest absolute Gasteiger partial charge is 0.413 e. The molecule has 0 aliphatic heterocycles. The number of allylic oxidation sites excluding steroid dienone is 1. The molecule has 3 aromatic rings. The predicted octanol–water partition coefficient (Wildman–Crippen LogP) is 10.8. The smallest absolute Gasteiger partial charge is 0.192 e. The van der Waals surface area contributed by atoms with E-state index in [1.165, 1.54) is 15.9 Å². The van der Waals surface area contributed by atoms with Gasteiger partial charge in [0.25, 0.3) is 0 Å². The van der Waals surface area contributed by atoms with Crippen molar-refractivity contribution < 1.29 is 8.85 Å². The maximum atomic E-state index is 7.64. The van der Waals surface area contributed by atoms with Gasteiger partial charge in [-0.15, -0.1) is 0 Å². The minimum Gasteiger partial charge on any atom is -0.413 e. The average molecular weight is 662 g/mol. The highest BCUT2D eigenvalue weighted by molar-refractivity contribution is 7.95. The highest BCUT2D eigenvalue weighted by Crippen LogP contribution is 2.57. The van der Waals surface area contributed by atoms with E-state index in [0.717, 1.165) is 30.7 Å². The van der Waals surface area contributed by atoms with E-state index in [-0.39, 0.29) is 22.7 Å². The van der Waals surface area contributed by atoms with Crippen molar-refractivity contribution in [2.24, 2.45) is 5.41 Å². The maximum Gasteiger partial charge on any atom is 0.192 e. The molecular weight excluding hydrogens is 600 g/mol. The number of hydrogen-bond donors (Lipinski definition) is 0. The molecule has 0 saturated heterocycles. The van der Waals surface area contributed by atoms with Gasteiger partial charge in [0.15, 0.2) is 16.6 Å².